The van der Waals surface area contributed by atoms with Gasteiger partial charge >= 0.3 is 11.9 Å². The lowest BCUT2D eigenvalue weighted by molar-refractivity contribution is -0.161. The highest BCUT2D eigenvalue weighted by atomic mass is 16.6. The molecule has 0 amide bonds. The van der Waals surface area contributed by atoms with E-state index in [0.717, 1.165) is 96.3 Å². The Kier molecular flexibility index (Phi) is 47.5. The molecule has 0 aliphatic carbocycles. The van der Waals surface area contributed by atoms with E-state index in [-0.39, 0.29) is 25.2 Å². The summed E-state index contributed by atoms with van der Waals surface area (Å²) in [4.78, 5) is 24.4. The molecule has 0 aromatic carbocycles. The van der Waals surface area contributed by atoms with Crippen molar-refractivity contribution in [3.8, 4) is 0 Å². The van der Waals surface area contributed by atoms with Gasteiger partial charge < -0.3 is 14.6 Å². The summed E-state index contributed by atoms with van der Waals surface area (Å²) >= 11 is 0. The third-order valence-electron chi connectivity index (χ3n) is 10.4. The molecule has 0 saturated heterocycles. The summed E-state index contributed by atoms with van der Waals surface area (Å²) in [6.07, 6.45) is 70.7. The number of carbonyl (C=O) groups excluding carboxylic acids is 2. The van der Waals surface area contributed by atoms with Crippen molar-refractivity contribution in [2.75, 3.05) is 13.2 Å². The molecule has 1 atom stereocenters. The van der Waals surface area contributed by atoms with Crippen molar-refractivity contribution in [1.82, 2.24) is 0 Å². The summed E-state index contributed by atoms with van der Waals surface area (Å²) in [5.41, 5.74) is 0. The normalized spacial score (nSPS) is 13.1. The molecule has 342 valence electrons. The molecule has 0 aliphatic rings. The van der Waals surface area contributed by atoms with Gasteiger partial charge in [-0.15, -0.1) is 0 Å². The lowest BCUT2D eigenvalue weighted by Crippen LogP contribution is -2.28. The van der Waals surface area contributed by atoms with Crippen molar-refractivity contribution in [2.24, 2.45) is 0 Å². The van der Waals surface area contributed by atoms with Gasteiger partial charge in [0.2, 0.25) is 0 Å². The molecule has 0 fully saturated rings. The average Bonchev–Trinajstić information content (AvgIpc) is 3.25. The van der Waals surface area contributed by atoms with E-state index in [1.54, 1.807) is 0 Å². The minimum absolute atomic E-state index is 0.0778. The van der Waals surface area contributed by atoms with E-state index in [4.69, 9.17) is 9.47 Å². The summed E-state index contributed by atoms with van der Waals surface area (Å²) in [6, 6.07) is 0. The maximum absolute atomic E-state index is 12.3. The Morgan fingerprint density at radius 2 is 0.667 bits per heavy atom. The van der Waals surface area contributed by atoms with Gasteiger partial charge in [-0.05, 0) is 89.9 Å². The number of hydrogen-bond acceptors (Lipinski definition) is 5. The second-order valence-corrected chi connectivity index (χ2v) is 16.1. The van der Waals surface area contributed by atoms with Crippen molar-refractivity contribution >= 4 is 11.9 Å². The number of aliphatic hydroxyl groups is 1. The molecule has 0 saturated carbocycles. The zero-order chi connectivity index (χ0) is 43.5. The van der Waals surface area contributed by atoms with Crippen LogP contribution in [0.1, 0.15) is 219 Å². The molecular formula is C55H92O5. The van der Waals surface area contributed by atoms with Crippen LogP contribution < -0.4 is 0 Å². The molecule has 0 rings (SSSR count). The summed E-state index contributed by atoms with van der Waals surface area (Å²) in [6.45, 7) is 3.91. The van der Waals surface area contributed by atoms with Gasteiger partial charge in [0.1, 0.15) is 6.61 Å². The van der Waals surface area contributed by atoms with Crippen LogP contribution in [0, 0.1) is 0 Å². The minimum atomic E-state index is -0.784. The molecule has 0 spiro atoms. The molecule has 60 heavy (non-hydrogen) atoms. The van der Waals surface area contributed by atoms with Gasteiger partial charge in [0.25, 0.3) is 0 Å². The van der Waals surface area contributed by atoms with Gasteiger partial charge in [-0.1, -0.05) is 214 Å². The fourth-order valence-electron chi connectivity index (χ4n) is 6.71. The van der Waals surface area contributed by atoms with Crippen LogP contribution >= 0.6 is 0 Å². The Labute approximate surface area is 370 Å². The monoisotopic (exact) mass is 833 g/mol. The summed E-state index contributed by atoms with van der Waals surface area (Å²) in [5.74, 6) is -0.610. The third kappa shape index (κ3) is 47.5. The van der Waals surface area contributed by atoms with Crippen LogP contribution in [-0.4, -0.2) is 36.4 Å². The lowest BCUT2D eigenvalue weighted by Gasteiger charge is -2.15. The SMILES string of the molecule is CC/C=C\C/C=C\C/C=C\C/C=C\CCCCCCCCCCCCCCCCC(=O)OC(CO)COC(=O)CCCCCCCC/C=C\C/C=C\C/C=C\C/C=C\CC. The van der Waals surface area contributed by atoms with Crippen LogP contribution in [0.25, 0.3) is 0 Å². The second kappa shape index (κ2) is 50.2. The lowest BCUT2D eigenvalue weighted by atomic mass is 10.0. The Hall–Kier alpha value is -3.18. The molecule has 0 aromatic heterocycles. The first-order chi connectivity index (χ1) is 29.6. The van der Waals surface area contributed by atoms with Gasteiger partial charge in [0.05, 0.1) is 6.61 Å². The first kappa shape index (κ1) is 56.8. The van der Waals surface area contributed by atoms with E-state index in [0.29, 0.717) is 12.8 Å². The van der Waals surface area contributed by atoms with Gasteiger partial charge in [-0.3, -0.25) is 9.59 Å². The largest absolute Gasteiger partial charge is 0.462 e. The Balaban J connectivity index is 3.54. The first-order valence-electron chi connectivity index (χ1n) is 24.8. The smallest absolute Gasteiger partial charge is 0.306 e. The number of allylic oxidation sites excluding steroid dienone is 16. The van der Waals surface area contributed by atoms with Crippen molar-refractivity contribution < 1.29 is 24.2 Å². The quantitative estimate of drug-likeness (QED) is 0.0376. The molecule has 0 aromatic rings. The topological polar surface area (TPSA) is 72.8 Å². The number of hydrogen-bond donors (Lipinski definition) is 1. The number of unbranched alkanes of at least 4 members (excludes halogenated alkanes) is 20. The van der Waals surface area contributed by atoms with Crippen LogP contribution in [0.15, 0.2) is 97.2 Å². The van der Waals surface area contributed by atoms with E-state index in [1.807, 2.05) is 0 Å². The zero-order valence-corrected chi connectivity index (χ0v) is 38.9. The summed E-state index contributed by atoms with van der Waals surface area (Å²) in [5, 5.41) is 9.62. The average molecular weight is 833 g/mol. The Bertz CT molecular complexity index is 1170. The molecule has 0 radical (unpaired) electrons. The van der Waals surface area contributed by atoms with E-state index < -0.39 is 6.10 Å². The molecule has 0 aliphatic heterocycles. The Morgan fingerprint density at radius 1 is 0.383 bits per heavy atom. The highest BCUT2D eigenvalue weighted by Gasteiger charge is 2.16. The number of aliphatic hydroxyl groups excluding tert-OH is 1. The maximum Gasteiger partial charge on any atom is 0.306 e. The summed E-state index contributed by atoms with van der Waals surface area (Å²) in [7, 11) is 0. The van der Waals surface area contributed by atoms with Crippen molar-refractivity contribution in [1.29, 1.82) is 0 Å². The highest BCUT2D eigenvalue weighted by Crippen LogP contribution is 2.15. The number of ether oxygens (including phenoxy) is 2. The van der Waals surface area contributed by atoms with Gasteiger partial charge in [-0.2, -0.15) is 0 Å². The molecular weight excluding hydrogens is 741 g/mol. The molecule has 1 N–H and O–H groups in total. The minimum Gasteiger partial charge on any atom is -0.462 e. The van der Waals surface area contributed by atoms with Crippen molar-refractivity contribution in [3.05, 3.63) is 97.2 Å². The summed E-state index contributed by atoms with van der Waals surface area (Å²) < 4.78 is 10.7. The van der Waals surface area contributed by atoms with E-state index in [2.05, 4.69) is 111 Å². The number of esters is 2. The van der Waals surface area contributed by atoms with Crippen LogP contribution in [-0.2, 0) is 19.1 Å². The fourth-order valence-corrected chi connectivity index (χ4v) is 6.71. The standard InChI is InChI=1S/C55H92O5/c1-3-5-7-9-11-13-15-17-19-21-23-24-25-26-27-28-29-30-32-34-36-38-40-42-44-46-48-50-55(58)60-53(51-56)52-59-54(57)49-47-45-43-41-39-37-35-33-31-22-20-18-16-14-12-10-8-6-4-2/h5-8,11-14,17-20,23-24,31,33,53,56H,3-4,9-10,15-16,21-22,25-30,32,34-52H2,1-2H3/b7-5-,8-6-,13-11-,14-12-,19-17-,20-18-,24-23-,33-31-. The van der Waals surface area contributed by atoms with Gasteiger partial charge in [0.15, 0.2) is 6.10 Å². The first-order valence-corrected chi connectivity index (χ1v) is 24.8. The van der Waals surface area contributed by atoms with E-state index >= 15 is 0 Å². The predicted octanol–water partition coefficient (Wildman–Crippen LogP) is 16.4. The van der Waals surface area contributed by atoms with Crippen LogP contribution in [0.2, 0.25) is 0 Å². The fraction of sp³-hybridized carbons (Fsp3) is 0.673. The van der Waals surface area contributed by atoms with Crippen molar-refractivity contribution in [3.63, 3.8) is 0 Å². The number of carbonyl (C=O) groups is 2. The van der Waals surface area contributed by atoms with Crippen LogP contribution in [0.4, 0.5) is 0 Å². The van der Waals surface area contributed by atoms with Crippen LogP contribution in [0.5, 0.6) is 0 Å². The number of rotatable bonds is 44. The van der Waals surface area contributed by atoms with Gasteiger partial charge in [0, 0.05) is 12.8 Å². The molecule has 0 heterocycles. The molecule has 5 heteroatoms. The molecule has 5 nitrogen and oxygen atoms in total. The van der Waals surface area contributed by atoms with E-state index in [1.165, 1.54) is 96.3 Å². The van der Waals surface area contributed by atoms with Gasteiger partial charge in [-0.25, -0.2) is 0 Å². The highest BCUT2D eigenvalue weighted by molar-refractivity contribution is 5.70. The van der Waals surface area contributed by atoms with Crippen LogP contribution in [0.3, 0.4) is 0 Å². The zero-order valence-electron chi connectivity index (χ0n) is 38.9. The third-order valence-corrected chi connectivity index (χ3v) is 10.4. The van der Waals surface area contributed by atoms with Crippen molar-refractivity contribution in [2.45, 2.75) is 225 Å². The molecule has 1 unspecified atom stereocenters. The molecule has 0 bridgehead atoms. The Morgan fingerprint density at radius 3 is 1.00 bits per heavy atom. The predicted molar refractivity (Wildman–Crippen MR) is 260 cm³/mol. The second-order valence-electron chi connectivity index (χ2n) is 16.1. The maximum atomic E-state index is 12.3. The van der Waals surface area contributed by atoms with E-state index in [9.17, 15) is 14.7 Å².